The molecule has 2 aromatic rings. The number of hydrogen-bond acceptors (Lipinski definition) is 6. The topological polar surface area (TPSA) is 176 Å². The number of aromatic nitrogens is 2. The van der Waals surface area contributed by atoms with Gasteiger partial charge in [-0.05, 0) is 23.6 Å². The maximum Gasteiger partial charge on any atom is 0.243 e. The number of phenols is 1. The van der Waals surface area contributed by atoms with Crippen LogP contribution in [-0.2, 0) is 27.2 Å². The van der Waals surface area contributed by atoms with Crippen molar-refractivity contribution >= 4 is 17.7 Å². The van der Waals surface area contributed by atoms with E-state index in [0.29, 0.717) is 11.3 Å². The SMILES string of the molecule is CC(C)[C@H](NC(=O)[C@H](Cc1ccc(O)cc1)NC(=O)[C@@H](N)Cc1c[nH]cn1)C(N)=O. The lowest BCUT2D eigenvalue weighted by Gasteiger charge is -2.25. The number of rotatable bonds is 10. The number of imidazole rings is 1. The van der Waals surface area contributed by atoms with Crippen LogP contribution in [0, 0.1) is 5.92 Å². The summed E-state index contributed by atoms with van der Waals surface area (Å²) in [6.07, 6.45) is 3.44. The molecule has 8 N–H and O–H groups in total. The molecule has 1 aromatic carbocycles. The van der Waals surface area contributed by atoms with Crippen molar-refractivity contribution in [3.63, 3.8) is 0 Å². The minimum absolute atomic E-state index is 0.0819. The number of carbonyl (C=O) groups excluding carboxylic acids is 3. The number of hydrogen-bond donors (Lipinski definition) is 6. The summed E-state index contributed by atoms with van der Waals surface area (Å²) >= 11 is 0. The highest BCUT2D eigenvalue weighted by atomic mass is 16.3. The molecule has 1 aromatic heterocycles. The summed E-state index contributed by atoms with van der Waals surface area (Å²) in [5, 5.41) is 14.7. The Morgan fingerprint density at radius 1 is 1.10 bits per heavy atom. The largest absolute Gasteiger partial charge is 0.508 e. The molecule has 0 fully saturated rings. The van der Waals surface area contributed by atoms with Crippen molar-refractivity contribution in [3.05, 3.63) is 48.0 Å². The summed E-state index contributed by atoms with van der Waals surface area (Å²) < 4.78 is 0. The Labute approximate surface area is 174 Å². The third-order valence-corrected chi connectivity index (χ3v) is 4.60. The van der Waals surface area contributed by atoms with E-state index in [1.165, 1.54) is 18.5 Å². The van der Waals surface area contributed by atoms with Gasteiger partial charge in [0.05, 0.1) is 18.1 Å². The fourth-order valence-electron chi connectivity index (χ4n) is 2.90. The molecule has 0 saturated heterocycles. The third kappa shape index (κ3) is 6.59. The third-order valence-electron chi connectivity index (χ3n) is 4.60. The molecule has 2 rings (SSSR count). The van der Waals surface area contributed by atoms with E-state index in [1.807, 2.05) is 0 Å². The van der Waals surface area contributed by atoms with Crippen molar-refractivity contribution in [3.8, 4) is 5.75 Å². The first-order valence-corrected chi connectivity index (χ1v) is 9.58. The molecule has 0 unspecified atom stereocenters. The van der Waals surface area contributed by atoms with Gasteiger partial charge in [-0.15, -0.1) is 0 Å². The second kappa shape index (κ2) is 10.4. The second-order valence-electron chi connectivity index (χ2n) is 7.44. The summed E-state index contributed by atoms with van der Waals surface area (Å²) in [7, 11) is 0. The zero-order valence-corrected chi connectivity index (χ0v) is 17.0. The fraction of sp³-hybridized carbons (Fsp3) is 0.400. The average Bonchev–Trinajstić information content (AvgIpc) is 3.19. The van der Waals surface area contributed by atoms with Gasteiger partial charge < -0.3 is 32.2 Å². The average molecular weight is 416 g/mol. The summed E-state index contributed by atoms with van der Waals surface area (Å²) in [4.78, 5) is 44.0. The van der Waals surface area contributed by atoms with E-state index in [2.05, 4.69) is 20.6 Å². The van der Waals surface area contributed by atoms with Crippen LogP contribution < -0.4 is 22.1 Å². The van der Waals surface area contributed by atoms with E-state index in [0.717, 1.165) is 0 Å². The smallest absolute Gasteiger partial charge is 0.243 e. The highest BCUT2D eigenvalue weighted by Gasteiger charge is 2.29. The molecule has 10 heteroatoms. The molecule has 0 aliphatic heterocycles. The normalized spacial score (nSPS) is 14.0. The zero-order chi connectivity index (χ0) is 22.3. The number of phenolic OH excluding ortho intramolecular Hbond substituents is 1. The van der Waals surface area contributed by atoms with E-state index >= 15 is 0 Å². The highest BCUT2D eigenvalue weighted by molar-refractivity contribution is 5.93. The van der Waals surface area contributed by atoms with Crippen LogP contribution >= 0.6 is 0 Å². The number of nitrogens with two attached hydrogens (primary N) is 2. The number of aromatic amines is 1. The molecule has 0 spiro atoms. The molecule has 0 aliphatic carbocycles. The van der Waals surface area contributed by atoms with Gasteiger partial charge in [-0.3, -0.25) is 14.4 Å². The Hall–Kier alpha value is -3.40. The van der Waals surface area contributed by atoms with Gasteiger partial charge in [0.1, 0.15) is 17.8 Å². The van der Waals surface area contributed by atoms with Gasteiger partial charge in [0.2, 0.25) is 17.7 Å². The standard InChI is InChI=1S/C20H28N6O4/c1-11(2)17(18(22)28)26-20(30)16(7-12-3-5-14(27)6-4-12)25-19(29)15(21)8-13-9-23-10-24-13/h3-6,9-11,15-17,27H,7-8,21H2,1-2H3,(H2,22,28)(H,23,24)(H,25,29)(H,26,30)/t15-,16-,17-/m0/s1. The Morgan fingerprint density at radius 2 is 1.77 bits per heavy atom. The minimum Gasteiger partial charge on any atom is -0.508 e. The molecule has 30 heavy (non-hydrogen) atoms. The molecule has 1 heterocycles. The monoisotopic (exact) mass is 416 g/mol. The number of benzene rings is 1. The number of carbonyl (C=O) groups is 3. The molecule has 3 amide bonds. The molecule has 0 aliphatic rings. The summed E-state index contributed by atoms with van der Waals surface area (Å²) in [6, 6.07) is 3.45. The lowest BCUT2D eigenvalue weighted by molar-refractivity contribution is -0.132. The van der Waals surface area contributed by atoms with Gasteiger partial charge in [0, 0.05) is 19.0 Å². The first-order valence-electron chi connectivity index (χ1n) is 9.58. The Balaban J connectivity index is 2.14. The van der Waals surface area contributed by atoms with Crippen LogP contribution in [0.15, 0.2) is 36.8 Å². The van der Waals surface area contributed by atoms with Crippen LogP contribution in [0.5, 0.6) is 5.75 Å². The van der Waals surface area contributed by atoms with E-state index in [9.17, 15) is 19.5 Å². The van der Waals surface area contributed by atoms with Gasteiger partial charge in [-0.1, -0.05) is 26.0 Å². The van der Waals surface area contributed by atoms with Crippen molar-refractivity contribution in [2.45, 2.75) is 44.8 Å². The van der Waals surface area contributed by atoms with Crippen LogP contribution in [0.1, 0.15) is 25.1 Å². The van der Waals surface area contributed by atoms with Crippen molar-refractivity contribution < 1.29 is 19.5 Å². The van der Waals surface area contributed by atoms with Crippen molar-refractivity contribution in [2.75, 3.05) is 0 Å². The number of primary amides is 1. The van der Waals surface area contributed by atoms with Crippen LogP contribution in [0.4, 0.5) is 0 Å². The molecule has 10 nitrogen and oxygen atoms in total. The number of amides is 3. The lowest BCUT2D eigenvalue weighted by atomic mass is 10.0. The maximum absolute atomic E-state index is 12.9. The Bertz CT molecular complexity index is 851. The highest BCUT2D eigenvalue weighted by Crippen LogP contribution is 2.12. The van der Waals surface area contributed by atoms with E-state index in [4.69, 9.17) is 11.5 Å². The molecule has 0 saturated carbocycles. The molecular formula is C20H28N6O4. The summed E-state index contributed by atoms with van der Waals surface area (Å²) in [6.45, 7) is 3.51. The molecular weight excluding hydrogens is 388 g/mol. The fourth-order valence-corrected chi connectivity index (χ4v) is 2.90. The number of nitrogens with one attached hydrogen (secondary N) is 3. The van der Waals surface area contributed by atoms with E-state index < -0.39 is 35.8 Å². The van der Waals surface area contributed by atoms with Crippen LogP contribution in [0.2, 0.25) is 0 Å². The van der Waals surface area contributed by atoms with Crippen molar-refractivity contribution in [2.24, 2.45) is 17.4 Å². The molecule has 0 radical (unpaired) electrons. The minimum atomic E-state index is -0.993. The van der Waals surface area contributed by atoms with E-state index in [-0.39, 0.29) is 24.5 Å². The first-order chi connectivity index (χ1) is 14.2. The second-order valence-corrected chi connectivity index (χ2v) is 7.44. The summed E-state index contributed by atoms with van der Waals surface area (Å²) in [5.41, 5.74) is 12.7. The van der Waals surface area contributed by atoms with Crippen molar-refractivity contribution in [1.82, 2.24) is 20.6 Å². The van der Waals surface area contributed by atoms with Gasteiger partial charge in [-0.2, -0.15) is 0 Å². The Morgan fingerprint density at radius 3 is 2.30 bits per heavy atom. The maximum atomic E-state index is 12.9. The molecule has 162 valence electrons. The van der Waals surface area contributed by atoms with Gasteiger partial charge in [0.15, 0.2) is 0 Å². The van der Waals surface area contributed by atoms with Crippen LogP contribution in [0.3, 0.4) is 0 Å². The van der Waals surface area contributed by atoms with Gasteiger partial charge >= 0.3 is 0 Å². The quantitative estimate of drug-likeness (QED) is 0.299. The summed E-state index contributed by atoms with van der Waals surface area (Å²) in [5.74, 6) is -1.89. The molecule has 3 atom stereocenters. The van der Waals surface area contributed by atoms with E-state index in [1.54, 1.807) is 32.2 Å². The van der Waals surface area contributed by atoms with Crippen molar-refractivity contribution in [1.29, 1.82) is 0 Å². The number of H-pyrrole nitrogens is 1. The molecule has 0 bridgehead atoms. The number of aromatic hydroxyl groups is 1. The zero-order valence-electron chi connectivity index (χ0n) is 17.0. The van der Waals surface area contributed by atoms with Crippen LogP contribution in [-0.4, -0.2) is 50.9 Å². The predicted octanol–water partition coefficient (Wildman–Crippen LogP) is -0.661. The van der Waals surface area contributed by atoms with Gasteiger partial charge in [-0.25, -0.2) is 4.98 Å². The van der Waals surface area contributed by atoms with Gasteiger partial charge in [0.25, 0.3) is 0 Å². The van der Waals surface area contributed by atoms with Crippen LogP contribution in [0.25, 0.3) is 0 Å². The first kappa shape index (κ1) is 22.9. The predicted molar refractivity (Wildman–Crippen MR) is 110 cm³/mol. The lowest BCUT2D eigenvalue weighted by Crippen LogP contribution is -2.57. The Kier molecular flexibility index (Phi) is 7.93. The number of nitrogens with zero attached hydrogens (tertiary/aromatic N) is 1.